The zero-order valence-corrected chi connectivity index (χ0v) is 16.9. The molecule has 0 spiro atoms. The third-order valence-corrected chi connectivity index (χ3v) is 6.86. The molecule has 3 heterocycles. The average molecular weight is 413 g/mol. The van der Waals surface area contributed by atoms with Crippen molar-refractivity contribution in [3.05, 3.63) is 29.3 Å². The van der Waals surface area contributed by atoms with Gasteiger partial charge in [-0.2, -0.15) is 0 Å². The molecule has 0 radical (unpaired) electrons. The fourth-order valence-electron chi connectivity index (χ4n) is 5.33. The van der Waals surface area contributed by atoms with Gasteiger partial charge in [0.2, 0.25) is 11.8 Å². The Morgan fingerprint density at radius 3 is 2.73 bits per heavy atom. The summed E-state index contributed by atoms with van der Waals surface area (Å²) in [6, 6.07) is 5.24. The van der Waals surface area contributed by atoms with Gasteiger partial charge in [0, 0.05) is 37.7 Å². The molecule has 0 aromatic heterocycles. The number of β-amino-alcohol motifs (C(OH)–C–C–N with tert-alkyl or cyclic N) is 1. The lowest BCUT2D eigenvalue weighted by Crippen LogP contribution is -2.52. The molecule has 1 aliphatic carbocycles. The monoisotopic (exact) mass is 413 g/mol. The third kappa shape index (κ3) is 3.48. The van der Waals surface area contributed by atoms with E-state index in [1.807, 2.05) is 12.1 Å². The summed E-state index contributed by atoms with van der Waals surface area (Å²) >= 11 is 0. The zero-order valence-electron chi connectivity index (χ0n) is 16.9. The van der Waals surface area contributed by atoms with Crippen molar-refractivity contribution in [2.75, 3.05) is 13.1 Å². The van der Waals surface area contributed by atoms with E-state index in [0.29, 0.717) is 31.1 Å². The number of fused-ring (bicyclic) bond motifs is 1. The summed E-state index contributed by atoms with van der Waals surface area (Å²) in [6.45, 7) is 1.97. The summed E-state index contributed by atoms with van der Waals surface area (Å²) < 4.78 is 6.33. The number of hydrogen-bond donors (Lipinski definition) is 2. The molecule has 2 saturated heterocycles. The quantitative estimate of drug-likeness (QED) is 0.709. The van der Waals surface area contributed by atoms with Crippen molar-refractivity contribution in [3.63, 3.8) is 0 Å². The highest BCUT2D eigenvalue weighted by atomic mass is 16.5. The number of likely N-dealkylation sites (tertiary alicyclic amines) is 1. The van der Waals surface area contributed by atoms with Gasteiger partial charge in [0.1, 0.15) is 17.9 Å². The van der Waals surface area contributed by atoms with Crippen LogP contribution in [0.3, 0.4) is 0 Å². The Labute approximate surface area is 175 Å². The highest BCUT2D eigenvalue weighted by molar-refractivity contribution is 6.05. The summed E-state index contributed by atoms with van der Waals surface area (Å²) in [5.41, 5.74) is 1.45. The number of aliphatic hydroxyl groups excluding tert-OH is 1. The number of carbonyl (C=O) groups excluding carboxylic acids is 3. The molecule has 3 amide bonds. The van der Waals surface area contributed by atoms with Gasteiger partial charge in [0.05, 0.1) is 6.10 Å². The molecular weight excluding hydrogens is 386 g/mol. The van der Waals surface area contributed by atoms with Crippen molar-refractivity contribution in [1.82, 2.24) is 15.1 Å². The average Bonchev–Trinajstić information content (AvgIpc) is 3.41. The summed E-state index contributed by atoms with van der Waals surface area (Å²) in [5, 5.41) is 12.2. The maximum atomic E-state index is 12.8. The molecule has 1 saturated carbocycles. The molecule has 2 N–H and O–H groups in total. The lowest BCUT2D eigenvalue weighted by molar-refractivity contribution is -0.136. The first-order chi connectivity index (χ1) is 14.5. The Balaban J connectivity index is 1.29. The number of amides is 3. The number of nitrogens with one attached hydrogen (secondary N) is 1. The zero-order chi connectivity index (χ0) is 20.8. The van der Waals surface area contributed by atoms with Crippen molar-refractivity contribution in [3.8, 4) is 5.75 Å². The Morgan fingerprint density at radius 1 is 1.10 bits per heavy atom. The number of imide groups is 1. The van der Waals surface area contributed by atoms with E-state index in [1.54, 1.807) is 11.0 Å². The number of rotatable bonds is 4. The second-order valence-electron chi connectivity index (χ2n) is 8.81. The van der Waals surface area contributed by atoms with Crippen molar-refractivity contribution >= 4 is 17.7 Å². The van der Waals surface area contributed by atoms with Gasteiger partial charge in [0.15, 0.2) is 0 Å². The molecule has 4 aliphatic rings. The molecule has 0 bridgehead atoms. The van der Waals surface area contributed by atoms with E-state index >= 15 is 0 Å². The number of piperidine rings is 1. The maximum absolute atomic E-state index is 12.8. The summed E-state index contributed by atoms with van der Waals surface area (Å²) in [7, 11) is 0. The Kier molecular flexibility index (Phi) is 4.99. The minimum Gasteiger partial charge on any atom is -0.489 e. The van der Waals surface area contributed by atoms with E-state index in [1.165, 1.54) is 0 Å². The molecule has 3 aliphatic heterocycles. The van der Waals surface area contributed by atoms with Crippen molar-refractivity contribution in [2.24, 2.45) is 0 Å². The lowest BCUT2D eigenvalue weighted by atomic mass is 10.0. The molecule has 1 aromatic rings. The molecule has 1 aromatic carbocycles. The molecule has 3 unspecified atom stereocenters. The predicted octanol–water partition coefficient (Wildman–Crippen LogP) is 0.814. The normalized spacial score (nSPS) is 31.9. The largest absolute Gasteiger partial charge is 0.489 e. The standard InChI is InChI=1S/C22H27N3O5/c26-14-8-9-24(12-14)17-2-1-3-19(17)30-15-4-5-16-13(10-15)11-25(22(16)29)18-6-7-20(27)23-21(18)28/h4-5,10,14,17-19,26H,1-3,6-9,11-12H2,(H,23,27,28)/t14?,17?,18?,19-/m1/s1. The van der Waals surface area contributed by atoms with Crippen LogP contribution in [0.25, 0.3) is 0 Å². The molecule has 5 rings (SSSR count). The van der Waals surface area contributed by atoms with E-state index in [-0.39, 0.29) is 30.4 Å². The minimum atomic E-state index is -0.604. The Morgan fingerprint density at radius 2 is 1.97 bits per heavy atom. The van der Waals surface area contributed by atoms with Crippen LogP contribution in [0.1, 0.15) is 54.4 Å². The van der Waals surface area contributed by atoms with Gasteiger partial charge < -0.3 is 14.7 Å². The second-order valence-corrected chi connectivity index (χ2v) is 8.81. The van der Waals surface area contributed by atoms with E-state index in [0.717, 1.165) is 43.5 Å². The first-order valence-corrected chi connectivity index (χ1v) is 10.9. The van der Waals surface area contributed by atoms with Gasteiger partial charge in [-0.25, -0.2) is 0 Å². The van der Waals surface area contributed by atoms with Gasteiger partial charge in [-0.1, -0.05) is 0 Å². The highest BCUT2D eigenvalue weighted by Gasteiger charge is 2.40. The van der Waals surface area contributed by atoms with Gasteiger partial charge in [-0.3, -0.25) is 24.6 Å². The smallest absolute Gasteiger partial charge is 0.255 e. The fourth-order valence-corrected chi connectivity index (χ4v) is 5.33. The Bertz CT molecular complexity index is 888. The van der Waals surface area contributed by atoms with Gasteiger partial charge in [0.25, 0.3) is 5.91 Å². The fraction of sp³-hybridized carbons (Fsp3) is 0.591. The van der Waals surface area contributed by atoms with Crippen LogP contribution in [0, 0.1) is 0 Å². The molecule has 160 valence electrons. The summed E-state index contributed by atoms with van der Waals surface area (Å²) in [5.74, 6) is -0.114. The van der Waals surface area contributed by atoms with Crippen LogP contribution in [0.15, 0.2) is 18.2 Å². The van der Waals surface area contributed by atoms with Crippen LogP contribution >= 0.6 is 0 Å². The second kappa shape index (κ2) is 7.67. The molecular formula is C22H27N3O5. The number of aliphatic hydroxyl groups is 1. The maximum Gasteiger partial charge on any atom is 0.255 e. The molecule has 8 nitrogen and oxygen atoms in total. The molecule has 3 fully saturated rings. The minimum absolute atomic E-state index is 0.0803. The van der Waals surface area contributed by atoms with Gasteiger partial charge >= 0.3 is 0 Å². The number of benzene rings is 1. The van der Waals surface area contributed by atoms with Crippen LogP contribution in [-0.2, 0) is 16.1 Å². The Hall–Kier alpha value is -2.45. The van der Waals surface area contributed by atoms with Crippen molar-refractivity contribution in [1.29, 1.82) is 0 Å². The van der Waals surface area contributed by atoms with Crippen LogP contribution in [0.4, 0.5) is 0 Å². The molecule has 8 heteroatoms. The predicted molar refractivity (Wildman–Crippen MR) is 107 cm³/mol. The first kappa shape index (κ1) is 19.5. The number of carbonyl (C=O) groups is 3. The van der Waals surface area contributed by atoms with E-state index in [2.05, 4.69) is 10.2 Å². The number of hydrogen-bond acceptors (Lipinski definition) is 6. The van der Waals surface area contributed by atoms with Crippen LogP contribution in [0.5, 0.6) is 5.75 Å². The van der Waals surface area contributed by atoms with Crippen LogP contribution in [-0.4, -0.2) is 70.0 Å². The third-order valence-electron chi connectivity index (χ3n) is 6.86. The lowest BCUT2D eigenvalue weighted by Gasteiger charge is -2.29. The van der Waals surface area contributed by atoms with Crippen LogP contribution in [0.2, 0.25) is 0 Å². The summed E-state index contributed by atoms with van der Waals surface area (Å²) in [6.07, 6.45) is 4.43. The SMILES string of the molecule is O=C1CCC(N2Cc3cc(O[C@@H]4CCCC4N4CCC(O)C4)ccc3C2=O)C(=O)N1. The van der Waals surface area contributed by atoms with E-state index < -0.39 is 11.9 Å². The topological polar surface area (TPSA) is 99.2 Å². The van der Waals surface area contributed by atoms with Gasteiger partial charge in [-0.15, -0.1) is 0 Å². The van der Waals surface area contributed by atoms with E-state index in [4.69, 9.17) is 4.74 Å². The van der Waals surface area contributed by atoms with Crippen molar-refractivity contribution < 1.29 is 24.2 Å². The van der Waals surface area contributed by atoms with E-state index in [9.17, 15) is 19.5 Å². The molecule has 4 atom stereocenters. The molecule has 30 heavy (non-hydrogen) atoms. The summed E-state index contributed by atoms with van der Waals surface area (Å²) in [4.78, 5) is 40.3. The van der Waals surface area contributed by atoms with Crippen LogP contribution < -0.4 is 10.1 Å². The van der Waals surface area contributed by atoms with Crippen molar-refractivity contribution in [2.45, 2.75) is 69.4 Å². The number of nitrogens with zero attached hydrogens (tertiary/aromatic N) is 2. The highest BCUT2D eigenvalue weighted by Crippen LogP contribution is 2.34. The first-order valence-electron chi connectivity index (χ1n) is 10.9. The number of ether oxygens (including phenoxy) is 1. The van der Waals surface area contributed by atoms with Gasteiger partial charge in [-0.05, 0) is 55.9 Å².